The van der Waals surface area contributed by atoms with E-state index >= 15 is 0 Å². The van der Waals surface area contributed by atoms with Crippen molar-refractivity contribution in [1.29, 1.82) is 0 Å². The maximum atomic E-state index is 9.25. The van der Waals surface area contributed by atoms with Gasteiger partial charge in [0, 0.05) is 6.54 Å². The van der Waals surface area contributed by atoms with Crippen molar-refractivity contribution < 1.29 is 10.2 Å². The Labute approximate surface area is 92.9 Å². The summed E-state index contributed by atoms with van der Waals surface area (Å²) in [5.41, 5.74) is 5.11. The number of hydrogen-bond acceptors (Lipinski definition) is 4. The molecule has 92 valence electrons. The highest BCUT2D eigenvalue weighted by Crippen LogP contribution is 2.12. The van der Waals surface area contributed by atoms with Gasteiger partial charge < -0.3 is 21.3 Å². The smallest absolute Gasteiger partial charge is 0.0645 e. The molecule has 0 spiro atoms. The summed E-state index contributed by atoms with van der Waals surface area (Å²) < 4.78 is 0. The highest BCUT2D eigenvalue weighted by Gasteiger charge is 2.27. The molecule has 0 aromatic carbocycles. The lowest BCUT2D eigenvalue weighted by Gasteiger charge is -2.32. The normalized spacial score (nSPS) is 14.6. The van der Waals surface area contributed by atoms with Crippen LogP contribution in [0.2, 0.25) is 0 Å². The predicted molar refractivity (Wildman–Crippen MR) is 62.6 cm³/mol. The first-order valence-corrected chi connectivity index (χ1v) is 5.72. The van der Waals surface area contributed by atoms with Crippen LogP contribution in [0, 0.1) is 11.8 Å². The van der Waals surface area contributed by atoms with Gasteiger partial charge in [0.25, 0.3) is 0 Å². The van der Waals surface area contributed by atoms with E-state index in [9.17, 15) is 10.2 Å². The van der Waals surface area contributed by atoms with Gasteiger partial charge in [-0.2, -0.15) is 0 Å². The van der Waals surface area contributed by atoms with Crippen LogP contribution in [0.1, 0.15) is 27.2 Å². The SMILES string of the molecule is CCC(CO)(CO)NCC(CN)C(C)C. The van der Waals surface area contributed by atoms with Crippen LogP contribution in [0.5, 0.6) is 0 Å². The van der Waals surface area contributed by atoms with Crippen LogP contribution in [0.4, 0.5) is 0 Å². The Bertz CT molecular complexity index is 150. The van der Waals surface area contributed by atoms with Crippen LogP contribution in [0.15, 0.2) is 0 Å². The quantitative estimate of drug-likeness (QED) is 0.460. The Morgan fingerprint density at radius 3 is 2.07 bits per heavy atom. The summed E-state index contributed by atoms with van der Waals surface area (Å²) in [5, 5.41) is 21.7. The Kier molecular flexibility index (Phi) is 7.09. The first-order valence-electron chi connectivity index (χ1n) is 5.72. The molecule has 0 rings (SSSR count). The Hall–Kier alpha value is -0.160. The van der Waals surface area contributed by atoms with Gasteiger partial charge in [-0.3, -0.25) is 0 Å². The second kappa shape index (κ2) is 7.17. The molecule has 0 aromatic rings. The zero-order valence-corrected chi connectivity index (χ0v) is 10.2. The second-order valence-electron chi connectivity index (χ2n) is 4.57. The first kappa shape index (κ1) is 14.8. The molecule has 0 aliphatic heterocycles. The van der Waals surface area contributed by atoms with Gasteiger partial charge >= 0.3 is 0 Å². The number of aliphatic hydroxyl groups is 2. The fourth-order valence-electron chi connectivity index (χ4n) is 1.45. The molecule has 1 atom stereocenters. The van der Waals surface area contributed by atoms with Gasteiger partial charge in [-0.05, 0) is 24.8 Å². The van der Waals surface area contributed by atoms with Crippen LogP contribution in [-0.2, 0) is 0 Å². The summed E-state index contributed by atoms with van der Waals surface area (Å²) in [5.74, 6) is 0.892. The van der Waals surface area contributed by atoms with Crippen molar-refractivity contribution in [3.05, 3.63) is 0 Å². The molecule has 0 saturated carbocycles. The van der Waals surface area contributed by atoms with E-state index in [-0.39, 0.29) is 13.2 Å². The minimum atomic E-state index is -0.553. The van der Waals surface area contributed by atoms with Crippen molar-refractivity contribution in [2.45, 2.75) is 32.7 Å². The van der Waals surface area contributed by atoms with Crippen LogP contribution < -0.4 is 11.1 Å². The summed E-state index contributed by atoms with van der Waals surface area (Å²) >= 11 is 0. The lowest BCUT2D eigenvalue weighted by molar-refractivity contribution is 0.0822. The molecule has 15 heavy (non-hydrogen) atoms. The highest BCUT2D eigenvalue weighted by atomic mass is 16.3. The maximum Gasteiger partial charge on any atom is 0.0645 e. The van der Waals surface area contributed by atoms with Gasteiger partial charge in [0.15, 0.2) is 0 Å². The van der Waals surface area contributed by atoms with Crippen molar-refractivity contribution in [2.75, 3.05) is 26.3 Å². The molecule has 0 aromatic heterocycles. The van der Waals surface area contributed by atoms with Crippen molar-refractivity contribution in [3.8, 4) is 0 Å². The Morgan fingerprint density at radius 1 is 1.27 bits per heavy atom. The van der Waals surface area contributed by atoms with Crippen molar-refractivity contribution in [3.63, 3.8) is 0 Å². The van der Waals surface area contributed by atoms with Crippen LogP contribution >= 0.6 is 0 Å². The molecule has 4 nitrogen and oxygen atoms in total. The first-order chi connectivity index (χ1) is 7.05. The third-order valence-electron chi connectivity index (χ3n) is 3.27. The summed E-state index contributed by atoms with van der Waals surface area (Å²) in [6.45, 7) is 7.48. The molecule has 4 heteroatoms. The maximum absolute atomic E-state index is 9.25. The summed E-state index contributed by atoms with van der Waals surface area (Å²) in [6.07, 6.45) is 0.704. The van der Waals surface area contributed by atoms with Crippen molar-refractivity contribution >= 4 is 0 Å². The number of hydrogen-bond donors (Lipinski definition) is 4. The van der Waals surface area contributed by atoms with E-state index in [2.05, 4.69) is 19.2 Å². The molecular weight excluding hydrogens is 192 g/mol. The van der Waals surface area contributed by atoms with E-state index in [1.54, 1.807) is 0 Å². The summed E-state index contributed by atoms with van der Waals surface area (Å²) in [6, 6.07) is 0. The number of nitrogens with one attached hydrogen (secondary N) is 1. The van der Waals surface area contributed by atoms with E-state index in [1.165, 1.54) is 0 Å². The molecule has 0 heterocycles. The standard InChI is InChI=1S/C11H26N2O2/c1-4-11(7-14,8-15)13-6-10(5-12)9(2)3/h9-10,13-15H,4-8,12H2,1-3H3. The molecule has 0 aliphatic carbocycles. The molecule has 0 aliphatic rings. The molecule has 5 N–H and O–H groups in total. The van der Waals surface area contributed by atoms with Crippen molar-refractivity contribution in [1.82, 2.24) is 5.32 Å². The zero-order chi connectivity index (χ0) is 11.9. The van der Waals surface area contributed by atoms with Crippen LogP contribution in [-0.4, -0.2) is 42.1 Å². The van der Waals surface area contributed by atoms with E-state index < -0.39 is 5.54 Å². The molecule has 0 saturated heterocycles. The summed E-state index contributed by atoms with van der Waals surface area (Å²) in [7, 11) is 0. The second-order valence-corrected chi connectivity index (χ2v) is 4.57. The minimum absolute atomic E-state index is 0.0462. The predicted octanol–water partition coefficient (Wildman–Crippen LogP) is -0.0597. The van der Waals surface area contributed by atoms with Gasteiger partial charge in [0.1, 0.15) is 0 Å². The van der Waals surface area contributed by atoms with E-state index in [4.69, 9.17) is 5.73 Å². The third-order valence-corrected chi connectivity index (χ3v) is 3.27. The highest BCUT2D eigenvalue weighted by molar-refractivity contribution is 4.86. The average molecular weight is 218 g/mol. The minimum Gasteiger partial charge on any atom is -0.394 e. The topological polar surface area (TPSA) is 78.5 Å². The molecule has 0 radical (unpaired) electrons. The average Bonchev–Trinajstić information content (AvgIpc) is 2.25. The fourth-order valence-corrected chi connectivity index (χ4v) is 1.45. The van der Waals surface area contributed by atoms with Gasteiger partial charge in [0.2, 0.25) is 0 Å². The van der Waals surface area contributed by atoms with E-state index in [1.807, 2.05) is 6.92 Å². The molecular formula is C11H26N2O2. The molecule has 1 unspecified atom stereocenters. The van der Waals surface area contributed by atoms with E-state index in [0.717, 1.165) is 6.54 Å². The lowest BCUT2D eigenvalue weighted by Crippen LogP contribution is -2.53. The molecule has 0 bridgehead atoms. The third kappa shape index (κ3) is 4.47. The van der Waals surface area contributed by atoms with Gasteiger partial charge in [-0.1, -0.05) is 20.8 Å². The van der Waals surface area contributed by atoms with Gasteiger partial charge in [-0.25, -0.2) is 0 Å². The number of rotatable bonds is 8. The zero-order valence-electron chi connectivity index (χ0n) is 10.2. The largest absolute Gasteiger partial charge is 0.394 e. The fraction of sp³-hybridized carbons (Fsp3) is 1.00. The monoisotopic (exact) mass is 218 g/mol. The summed E-state index contributed by atoms with van der Waals surface area (Å²) in [4.78, 5) is 0. The molecule has 0 fully saturated rings. The van der Waals surface area contributed by atoms with Crippen molar-refractivity contribution in [2.24, 2.45) is 17.6 Å². The Morgan fingerprint density at radius 2 is 1.80 bits per heavy atom. The van der Waals surface area contributed by atoms with Crippen LogP contribution in [0.25, 0.3) is 0 Å². The number of aliphatic hydroxyl groups excluding tert-OH is 2. The lowest BCUT2D eigenvalue weighted by atomic mass is 9.92. The Balaban J connectivity index is 4.19. The number of nitrogens with two attached hydrogens (primary N) is 1. The van der Waals surface area contributed by atoms with Crippen LogP contribution in [0.3, 0.4) is 0 Å². The van der Waals surface area contributed by atoms with E-state index in [0.29, 0.717) is 24.8 Å². The molecule has 0 amide bonds. The van der Waals surface area contributed by atoms with Gasteiger partial charge in [0.05, 0.1) is 18.8 Å². The van der Waals surface area contributed by atoms with Gasteiger partial charge in [-0.15, -0.1) is 0 Å².